The summed E-state index contributed by atoms with van der Waals surface area (Å²) in [6, 6.07) is 21.7. The molecule has 0 radical (unpaired) electrons. The molecule has 2 heterocycles. The Labute approximate surface area is 202 Å². The van der Waals surface area contributed by atoms with Crippen LogP contribution in [0, 0.1) is 5.82 Å². The molecule has 3 aromatic carbocycles. The first-order chi connectivity index (χ1) is 16.9. The highest BCUT2D eigenvalue weighted by molar-refractivity contribution is 5.33. The van der Waals surface area contributed by atoms with Crippen LogP contribution >= 0.6 is 0 Å². The number of benzene rings is 3. The summed E-state index contributed by atoms with van der Waals surface area (Å²) in [4.78, 5) is 2.26. The van der Waals surface area contributed by atoms with Gasteiger partial charge in [0.25, 0.3) is 0 Å². The zero-order chi connectivity index (χ0) is 24.5. The first-order valence-electron chi connectivity index (χ1n) is 11.8. The molecule has 0 N–H and O–H groups in total. The molecule has 0 aromatic heterocycles. The molecule has 35 heavy (non-hydrogen) atoms. The van der Waals surface area contributed by atoms with Crippen LogP contribution < -0.4 is 0 Å². The largest absolute Gasteiger partial charge is 0.416 e. The Bertz CT molecular complexity index is 1130. The molecule has 0 unspecified atom stereocenters. The van der Waals surface area contributed by atoms with Crippen LogP contribution in [-0.4, -0.2) is 30.4 Å². The van der Waals surface area contributed by atoms with Crippen molar-refractivity contribution in [2.45, 2.75) is 43.3 Å². The number of alkyl halides is 3. The van der Waals surface area contributed by atoms with Crippen molar-refractivity contribution in [1.82, 2.24) is 4.90 Å². The fourth-order valence-corrected chi connectivity index (χ4v) is 5.38. The maximum atomic E-state index is 13.7. The highest BCUT2D eigenvalue weighted by Gasteiger charge is 2.51. The lowest BCUT2D eigenvalue weighted by atomic mass is 9.82. The van der Waals surface area contributed by atoms with Crippen molar-refractivity contribution in [3.05, 3.63) is 107 Å². The number of hydrogen-bond donors (Lipinski definition) is 0. The molecule has 2 aliphatic heterocycles. The first-order valence-corrected chi connectivity index (χ1v) is 11.8. The van der Waals surface area contributed by atoms with E-state index in [1.165, 1.54) is 24.3 Å². The zero-order valence-electron chi connectivity index (χ0n) is 19.2. The highest BCUT2D eigenvalue weighted by Crippen LogP contribution is 2.48. The van der Waals surface area contributed by atoms with Gasteiger partial charge in [-0.3, -0.25) is 4.90 Å². The van der Waals surface area contributed by atoms with Gasteiger partial charge in [-0.2, -0.15) is 13.2 Å². The average Bonchev–Trinajstić information content (AvgIpc) is 2.86. The quantitative estimate of drug-likeness (QED) is 0.384. The lowest BCUT2D eigenvalue weighted by molar-refractivity contribution is -0.314. The van der Waals surface area contributed by atoms with Gasteiger partial charge in [0.15, 0.2) is 5.79 Å². The minimum absolute atomic E-state index is 0.115. The molecule has 184 valence electrons. The number of hydrogen-bond acceptors (Lipinski definition) is 3. The van der Waals surface area contributed by atoms with Gasteiger partial charge in [0.05, 0.1) is 24.8 Å². The molecular formula is C28H27F4NO2. The van der Waals surface area contributed by atoms with Gasteiger partial charge in [-0.25, -0.2) is 4.39 Å². The van der Waals surface area contributed by atoms with Crippen LogP contribution in [0.5, 0.6) is 0 Å². The van der Waals surface area contributed by atoms with Crippen molar-refractivity contribution in [3.8, 4) is 0 Å². The van der Waals surface area contributed by atoms with Gasteiger partial charge in [-0.15, -0.1) is 0 Å². The zero-order valence-corrected chi connectivity index (χ0v) is 19.2. The van der Waals surface area contributed by atoms with E-state index >= 15 is 0 Å². The van der Waals surface area contributed by atoms with Crippen LogP contribution in [0.15, 0.2) is 78.9 Å². The Hall–Kier alpha value is -2.74. The summed E-state index contributed by atoms with van der Waals surface area (Å²) < 4.78 is 67.3. The fourth-order valence-electron chi connectivity index (χ4n) is 5.38. The Morgan fingerprint density at radius 2 is 1.60 bits per heavy atom. The normalized spacial score (nSPS) is 25.6. The smallest absolute Gasteiger partial charge is 0.347 e. The van der Waals surface area contributed by atoms with E-state index in [0.29, 0.717) is 32.5 Å². The molecule has 7 heteroatoms. The Morgan fingerprint density at radius 3 is 2.29 bits per heavy atom. The van der Waals surface area contributed by atoms with Gasteiger partial charge in [0.2, 0.25) is 0 Å². The molecular weight excluding hydrogens is 458 g/mol. The van der Waals surface area contributed by atoms with Crippen LogP contribution in [0.25, 0.3) is 0 Å². The number of morpholine rings is 1. The van der Waals surface area contributed by atoms with E-state index in [2.05, 4.69) is 17.0 Å². The van der Waals surface area contributed by atoms with Gasteiger partial charge in [0.1, 0.15) is 5.82 Å². The third kappa shape index (κ3) is 4.99. The topological polar surface area (TPSA) is 21.7 Å². The Morgan fingerprint density at radius 1 is 0.886 bits per heavy atom. The van der Waals surface area contributed by atoms with E-state index in [4.69, 9.17) is 9.47 Å². The molecule has 3 aromatic rings. The van der Waals surface area contributed by atoms with E-state index in [0.717, 1.165) is 17.2 Å². The number of halogens is 4. The van der Waals surface area contributed by atoms with Crippen molar-refractivity contribution in [3.63, 3.8) is 0 Å². The van der Waals surface area contributed by atoms with E-state index in [1.54, 1.807) is 18.2 Å². The van der Waals surface area contributed by atoms with Crippen LogP contribution in [-0.2, 0) is 22.2 Å². The summed E-state index contributed by atoms with van der Waals surface area (Å²) in [5.74, 6) is -1.74. The minimum atomic E-state index is -4.42. The molecule has 2 aliphatic rings. The lowest BCUT2D eigenvalue weighted by Crippen LogP contribution is -2.57. The summed E-state index contributed by atoms with van der Waals surface area (Å²) in [5, 5.41) is 0. The summed E-state index contributed by atoms with van der Waals surface area (Å²) in [5.41, 5.74) is 1.63. The highest BCUT2D eigenvalue weighted by atomic mass is 19.4. The standard InChI is InChI=1S/C28H27F4NO2/c29-23-12-10-21(11-13-23)26-27(34-17-16-33(26)18-20-6-2-1-3-7-20)15-14-22(19-35-27)24-8-4-5-9-25(24)28(30,31)32/h1-13,22,26H,14-19H2/t22-,26+,27-/m1/s1. The van der Waals surface area contributed by atoms with E-state index in [-0.39, 0.29) is 29.9 Å². The van der Waals surface area contributed by atoms with Gasteiger partial charge in [-0.05, 0) is 41.3 Å². The van der Waals surface area contributed by atoms with Gasteiger partial charge in [0, 0.05) is 25.4 Å². The molecule has 0 aliphatic carbocycles. The Kier molecular flexibility index (Phi) is 6.66. The van der Waals surface area contributed by atoms with Gasteiger partial charge >= 0.3 is 6.18 Å². The number of rotatable bonds is 4. The Balaban J connectivity index is 1.44. The lowest BCUT2D eigenvalue weighted by Gasteiger charge is -2.52. The third-order valence-electron chi connectivity index (χ3n) is 7.00. The molecule has 3 atom stereocenters. The molecule has 0 bridgehead atoms. The van der Waals surface area contributed by atoms with Crippen LogP contribution in [0.1, 0.15) is 47.1 Å². The summed E-state index contributed by atoms with van der Waals surface area (Å²) in [6.45, 7) is 1.86. The van der Waals surface area contributed by atoms with Crippen molar-refractivity contribution in [1.29, 1.82) is 0 Å². The maximum absolute atomic E-state index is 13.7. The maximum Gasteiger partial charge on any atom is 0.416 e. The molecule has 0 saturated carbocycles. The molecule has 3 nitrogen and oxygen atoms in total. The third-order valence-corrected chi connectivity index (χ3v) is 7.00. The molecule has 5 rings (SSSR count). The second kappa shape index (κ2) is 9.72. The van der Waals surface area contributed by atoms with Crippen LogP contribution in [0.3, 0.4) is 0 Å². The summed E-state index contributed by atoms with van der Waals surface area (Å²) in [7, 11) is 0. The molecule has 2 fully saturated rings. The fraction of sp³-hybridized carbons (Fsp3) is 0.357. The summed E-state index contributed by atoms with van der Waals surface area (Å²) >= 11 is 0. The second-order valence-corrected chi connectivity index (χ2v) is 9.20. The number of nitrogens with zero attached hydrogens (tertiary/aromatic N) is 1. The predicted molar refractivity (Wildman–Crippen MR) is 124 cm³/mol. The van der Waals surface area contributed by atoms with Crippen molar-refractivity contribution in [2.24, 2.45) is 0 Å². The molecule has 1 spiro atoms. The predicted octanol–water partition coefficient (Wildman–Crippen LogP) is 6.71. The summed E-state index contributed by atoms with van der Waals surface area (Å²) in [6.07, 6.45) is -3.50. The van der Waals surface area contributed by atoms with Gasteiger partial charge in [-0.1, -0.05) is 60.7 Å². The van der Waals surface area contributed by atoms with Crippen molar-refractivity contribution < 1.29 is 27.0 Å². The molecule has 2 saturated heterocycles. The second-order valence-electron chi connectivity index (χ2n) is 9.20. The monoisotopic (exact) mass is 485 g/mol. The number of ether oxygens (including phenoxy) is 2. The SMILES string of the molecule is Fc1ccc([C@@H]2N(Cc3ccccc3)CCO[C@@]23CC[C@@H](c2ccccc2C(F)(F)F)CO3)cc1. The minimum Gasteiger partial charge on any atom is -0.347 e. The van der Waals surface area contributed by atoms with Crippen LogP contribution in [0.2, 0.25) is 0 Å². The van der Waals surface area contributed by atoms with E-state index < -0.39 is 17.5 Å². The van der Waals surface area contributed by atoms with Gasteiger partial charge < -0.3 is 9.47 Å². The van der Waals surface area contributed by atoms with Crippen LogP contribution in [0.4, 0.5) is 17.6 Å². The van der Waals surface area contributed by atoms with E-state index in [9.17, 15) is 17.6 Å². The average molecular weight is 486 g/mol. The van der Waals surface area contributed by atoms with Crippen molar-refractivity contribution in [2.75, 3.05) is 19.8 Å². The first kappa shape index (κ1) is 24.0. The van der Waals surface area contributed by atoms with Crippen molar-refractivity contribution >= 4 is 0 Å². The molecule has 0 amide bonds. The van der Waals surface area contributed by atoms with E-state index in [1.807, 2.05) is 18.2 Å².